The number of nitrogens with zero attached hydrogens (tertiary/aromatic N) is 1. The second kappa shape index (κ2) is 5.49. The van der Waals surface area contributed by atoms with Crippen LogP contribution in [0.25, 0.3) is 0 Å². The quantitative estimate of drug-likeness (QED) is 0.634. The van der Waals surface area contributed by atoms with Gasteiger partial charge in [0.15, 0.2) is 0 Å². The van der Waals surface area contributed by atoms with Gasteiger partial charge in [-0.1, -0.05) is 0 Å². The lowest BCUT2D eigenvalue weighted by Crippen LogP contribution is -2.72. The fraction of sp³-hybridized carbons (Fsp3) is 0.769. The van der Waals surface area contributed by atoms with E-state index in [0.717, 1.165) is 0 Å². The standard InChI is InChI=1S/C13H20N2O5S/c1-5-20-6(2)9(16)14-7-10(17)15-8(12(18)19)13(3,4)21-11(7)15/h6-8,11H,5H2,1-4H3,(H,14,16)(H,18,19)/p-1/t6-,7-,8+,11+/m0/s1. The largest absolute Gasteiger partial charge is 0.548 e. The van der Waals surface area contributed by atoms with Crippen LogP contribution in [0.2, 0.25) is 0 Å². The van der Waals surface area contributed by atoms with Gasteiger partial charge in [-0.05, 0) is 27.7 Å². The molecule has 0 unspecified atom stereocenters. The van der Waals surface area contributed by atoms with Crippen LogP contribution < -0.4 is 10.4 Å². The number of ether oxygens (including phenoxy) is 1. The first-order chi connectivity index (χ1) is 9.70. The predicted molar refractivity (Wildman–Crippen MR) is 74.1 cm³/mol. The Morgan fingerprint density at radius 1 is 1.52 bits per heavy atom. The summed E-state index contributed by atoms with van der Waals surface area (Å²) in [7, 11) is 0. The molecule has 2 saturated heterocycles. The minimum atomic E-state index is -1.27. The zero-order valence-corrected chi connectivity index (χ0v) is 13.2. The Labute approximate surface area is 127 Å². The lowest BCUT2D eigenvalue weighted by atomic mass is 9.96. The highest BCUT2D eigenvalue weighted by atomic mass is 32.2. The Bertz CT molecular complexity index is 481. The van der Waals surface area contributed by atoms with E-state index >= 15 is 0 Å². The molecule has 21 heavy (non-hydrogen) atoms. The molecule has 2 aliphatic heterocycles. The van der Waals surface area contributed by atoms with Gasteiger partial charge in [-0.15, -0.1) is 11.8 Å². The number of carbonyl (C=O) groups excluding carboxylic acids is 3. The molecular weight excluding hydrogens is 296 g/mol. The zero-order chi connectivity index (χ0) is 15.9. The number of carboxylic acids is 1. The lowest BCUT2D eigenvalue weighted by molar-refractivity contribution is -0.312. The van der Waals surface area contributed by atoms with Crippen molar-refractivity contribution in [2.45, 2.75) is 56.0 Å². The Morgan fingerprint density at radius 3 is 2.67 bits per heavy atom. The molecule has 2 amide bonds. The Balaban J connectivity index is 2.06. The van der Waals surface area contributed by atoms with Gasteiger partial charge in [0, 0.05) is 11.4 Å². The molecule has 0 aromatic rings. The maximum absolute atomic E-state index is 12.1. The number of aliphatic carboxylic acids is 1. The van der Waals surface area contributed by atoms with Crippen LogP contribution >= 0.6 is 11.8 Å². The van der Waals surface area contributed by atoms with Crippen molar-refractivity contribution in [2.75, 3.05) is 6.61 Å². The Kier molecular flexibility index (Phi) is 4.21. The fourth-order valence-electron chi connectivity index (χ4n) is 2.72. The van der Waals surface area contributed by atoms with Crippen LogP contribution in [0.5, 0.6) is 0 Å². The van der Waals surface area contributed by atoms with Gasteiger partial charge in [0.2, 0.25) is 11.8 Å². The zero-order valence-electron chi connectivity index (χ0n) is 12.4. The molecule has 0 aromatic heterocycles. The molecule has 2 rings (SSSR count). The van der Waals surface area contributed by atoms with Crippen LogP contribution in [0.15, 0.2) is 0 Å². The van der Waals surface area contributed by atoms with Crippen LogP contribution in [-0.2, 0) is 19.1 Å². The first-order valence-corrected chi connectivity index (χ1v) is 7.71. The van der Waals surface area contributed by atoms with Crippen LogP contribution in [-0.4, -0.2) is 57.6 Å². The summed E-state index contributed by atoms with van der Waals surface area (Å²) < 4.78 is 4.52. The Hall–Kier alpha value is -1.28. The first kappa shape index (κ1) is 16.1. The average Bonchev–Trinajstić information content (AvgIpc) is 2.64. The van der Waals surface area contributed by atoms with Gasteiger partial charge in [0.05, 0.1) is 12.0 Å². The third-order valence-corrected chi connectivity index (χ3v) is 5.32. The van der Waals surface area contributed by atoms with E-state index in [9.17, 15) is 19.5 Å². The number of hydrogen-bond donors (Lipinski definition) is 1. The van der Waals surface area contributed by atoms with Crippen molar-refractivity contribution in [3.05, 3.63) is 0 Å². The normalized spacial score (nSPS) is 31.3. The number of thioether (sulfide) groups is 1. The maximum atomic E-state index is 12.1. The summed E-state index contributed by atoms with van der Waals surface area (Å²) in [6.45, 7) is 7.30. The summed E-state index contributed by atoms with van der Waals surface area (Å²) in [6.07, 6.45) is -0.645. The van der Waals surface area contributed by atoms with E-state index < -0.39 is 28.9 Å². The van der Waals surface area contributed by atoms with Crippen molar-refractivity contribution in [1.29, 1.82) is 0 Å². The van der Waals surface area contributed by atoms with Gasteiger partial charge in [0.25, 0.3) is 0 Å². The molecule has 2 aliphatic rings. The average molecular weight is 315 g/mol. The van der Waals surface area contributed by atoms with Gasteiger partial charge in [-0.2, -0.15) is 0 Å². The van der Waals surface area contributed by atoms with E-state index in [4.69, 9.17) is 4.74 Å². The van der Waals surface area contributed by atoms with Gasteiger partial charge in [-0.25, -0.2) is 0 Å². The molecule has 0 spiro atoms. The molecule has 2 heterocycles. The van der Waals surface area contributed by atoms with E-state index in [1.807, 2.05) is 0 Å². The second-order valence-electron chi connectivity index (χ2n) is 5.66. The number of nitrogens with one attached hydrogen (secondary N) is 1. The highest BCUT2D eigenvalue weighted by molar-refractivity contribution is 8.01. The van der Waals surface area contributed by atoms with E-state index in [1.54, 1.807) is 27.7 Å². The molecular formula is C13H19N2O5S-. The predicted octanol–water partition coefficient (Wildman–Crippen LogP) is -1.29. The topological polar surface area (TPSA) is 98.8 Å². The number of β-lactam (4-membered cyclic amide) rings is 1. The van der Waals surface area contributed by atoms with Crippen LogP contribution in [0.1, 0.15) is 27.7 Å². The monoisotopic (exact) mass is 315 g/mol. The second-order valence-corrected chi connectivity index (χ2v) is 7.43. The van der Waals surface area contributed by atoms with Crippen LogP contribution in [0.3, 0.4) is 0 Å². The highest BCUT2D eigenvalue weighted by Crippen LogP contribution is 2.50. The summed E-state index contributed by atoms with van der Waals surface area (Å²) in [5.41, 5.74) is 0. The van der Waals surface area contributed by atoms with Crippen molar-refractivity contribution in [3.63, 3.8) is 0 Å². The van der Waals surface area contributed by atoms with Gasteiger partial charge in [0.1, 0.15) is 17.5 Å². The smallest absolute Gasteiger partial charge is 0.249 e. The van der Waals surface area contributed by atoms with Crippen LogP contribution in [0, 0.1) is 0 Å². The number of fused-ring (bicyclic) bond motifs is 1. The summed E-state index contributed by atoms with van der Waals surface area (Å²) in [4.78, 5) is 36.6. The molecule has 0 radical (unpaired) electrons. The highest BCUT2D eigenvalue weighted by Gasteiger charge is 2.62. The molecule has 0 saturated carbocycles. The SMILES string of the molecule is CCO[C@@H](C)C(=O)N[C@H]1C(=O)N2[C@@H]1SC(C)(C)[C@H]2C(=O)[O-]. The third-order valence-electron chi connectivity index (χ3n) is 3.75. The summed E-state index contributed by atoms with van der Waals surface area (Å²) in [5, 5.41) is 13.5. The number of amides is 2. The van der Waals surface area contributed by atoms with E-state index in [-0.39, 0.29) is 17.2 Å². The Morgan fingerprint density at radius 2 is 2.14 bits per heavy atom. The third kappa shape index (κ3) is 2.62. The molecule has 118 valence electrons. The summed E-state index contributed by atoms with van der Waals surface area (Å²) in [5.74, 6) is -2.02. The van der Waals surface area contributed by atoms with Gasteiger partial charge >= 0.3 is 0 Å². The minimum Gasteiger partial charge on any atom is -0.548 e. The van der Waals surface area contributed by atoms with Crippen molar-refractivity contribution in [3.8, 4) is 0 Å². The summed E-state index contributed by atoms with van der Waals surface area (Å²) in [6, 6.07) is -1.67. The lowest BCUT2D eigenvalue weighted by Gasteiger charge is -2.45. The molecule has 0 bridgehead atoms. The van der Waals surface area contributed by atoms with E-state index in [0.29, 0.717) is 6.61 Å². The number of rotatable bonds is 5. The van der Waals surface area contributed by atoms with Crippen LogP contribution in [0.4, 0.5) is 0 Å². The van der Waals surface area contributed by atoms with E-state index in [2.05, 4.69) is 5.32 Å². The molecule has 4 atom stereocenters. The molecule has 2 fully saturated rings. The van der Waals surface area contributed by atoms with Gasteiger partial charge < -0.3 is 24.9 Å². The van der Waals surface area contributed by atoms with Crippen molar-refractivity contribution < 1.29 is 24.2 Å². The number of carboxylic acid groups (broad SMARTS) is 1. The molecule has 0 aromatic carbocycles. The van der Waals surface area contributed by atoms with Crippen molar-refractivity contribution in [2.24, 2.45) is 0 Å². The fourth-order valence-corrected chi connectivity index (χ4v) is 4.34. The molecule has 1 N–H and O–H groups in total. The maximum Gasteiger partial charge on any atom is 0.249 e. The first-order valence-electron chi connectivity index (χ1n) is 6.83. The minimum absolute atomic E-state index is 0.367. The number of hydrogen-bond acceptors (Lipinski definition) is 6. The molecule has 8 heteroatoms. The van der Waals surface area contributed by atoms with Crippen molar-refractivity contribution >= 4 is 29.5 Å². The van der Waals surface area contributed by atoms with E-state index in [1.165, 1.54) is 16.7 Å². The van der Waals surface area contributed by atoms with Crippen molar-refractivity contribution in [1.82, 2.24) is 10.2 Å². The van der Waals surface area contributed by atoms with Gasteiger partial charge in [-0.3, -0.25) is 9.59 Å². The molecule has 0 aliphatic carbocycles. The summed E-state index contributed by atoms with van der Waals surface area (Å²) >= 11 is 1.36. The number of carbonyl (C=O) groups is 3. The molecule has 7 nitrogen and oxygen atoms in total.